The van der Waals surface area contributed by atoms with Crippen LogP contribution in [0.3, 0.4) is 0 Å². The number of piperidine rings is 1. The van der Waals surface area contributed by atoms with Crippen LogP contribution < -0.4 is 10.6 Å². The van der Waals surface area contributed by atoms with E-state index in [2.05, 4.69) is 24.5 Å². The number of amides is 3. The van der Waals surface area contributed by atoms with Gasteiger partial charge in [0.25, 0.3) is 5.91 Å². The van der Waals surface area contributed by atoms with Gasteiger partial charge < -0.3 is 19.9 Å². The van der Waals surface area contributed by atoms with E-state index in [1.165, 1.54) is 12.0 Å². The molecular weight excluding hydrogens is 414 g/mol. The van der Waals surface area contributed by atoms with Gasteiger partial charge in [-0.2, -0.15) is 0 Å². The molecule has 4 atom stereocenters. The lowest BCUT2D eigenvalue weighted by molar-refractivity contribution is -0.182. The number of aliphatic hydroxyl groups excluding tert-OH is 1. The van der Waals surface area contributed by atoms with Crippen molar-refractivity contribution in [2.45, 2.75) is 71.1 Å². The minimum absolute atomic E-state index is 0.150. The van der Waals surface area contributed by atoms with Crippen LogP contribution in [0.15, 0.2) is 18.2 Å². The number of carbonyl (C=O) groups excluding carboxylic acids is 3. The molecule has 1 saturated heterocycles. The Morgan fingerprint density at radius 2 is 2.03 bits per heavy atom. The Labute approximate surface area is 188 Å². The number of carbonyl (C=O) groups is 3. The number of aliphatic hydroxyl groups is 1. The van der Waals surface area contributed by atoms with Gasteiger partial charge in [-0.3, -0.25) is 24.6 Å². The summed E-state index contributed by atoms with van der Waals surface area (Å²) in [7, 11) is 1.48. The van der Waals surface area contributed by atoms with E-state index in [4.69, 9.17) is 9.47 Å². The molecule has 0 bridgehead atoms. The fraction of sp³-hybridized carbons (Fsp3) is 0.609. The van der Waals surface area contributed by atoms with E-state index in [1.54, 1.807) is 18.2 Å². The third-order valence-corrected chi connectivity index (χ3v) is 6.53. The first-order valence-electron chi connectivity index (χ1n) is 11.0. The molecule has 1 aromatic rings. The van der Waals surface area contributed by atoms with Crippen LogP contribution in [0.25, 0.3) is 0 Å². The van der Waals surface area contributed by atoms with Gasteiger partial charge in [-0.25, -0.2) is 0 Å². The van der Waals surface area contributed by atoms with Gasteiger partial charge in [0.1, 0.15) is 6.04 Å². The largest absolute Gasteiger partial charge is 0.380 e. The highest BCUT2D eigenvalue weighted by atomic mass is 16.6. The van der Waals surface area contributed by atoms with Crippen molar-refractivity contribution in [1.82, 2.24) is 10.2 Å². The second kappa shape index (κ2) is 9.56. The van der Waals surface area contributed by atoms with Crippen molar-refractivity contribution in [3.63, 3.8) is 0 Å². The average Bonchev–Trinajstić information content (AvgIpc) is 3.02. The van der Waals surface area contributed by atoms with Gasteiger partial charge in [-0.05, 0) is 38.3 Å². The van der Waals surface area contributed by atoms with Crippen LogP contribution in [-0.4, -0.2) is 59.3 Å². The zero-order chi connectivity index (χ0) is 23.6. The van der Waals surface area contributed by atoms with Crippen LogP contribution >= 0.6 is 0 Å². The van der Waals surface area contributed by atoms with Crippen LogP contribution in [0.4, 0.5) is 5.69 Å². The monoisotopic (exact) mass is 447 g/mol. The maximum Gasteiger partial charge on any atom is 0.257 e. The predicted octanol–water partition coefficient (Wildman–Crippen LogP) is 2.16. The van der Waals surface area contributed by atoms with E-state index < -0.39 is 30.1 Å². The van der Waals surface area contributed by atoms with E-state index in [1.807, 2.05) is 13.8 Å². The Kier molecular flexibility index (Phi) is 7.22. The lowest BCUT2D eigenvalue weighted by Gasteiger charge is -2.33. The summed E-state index contributed by atoms with van der Waals surface area (Å²) < 4.78 is 11.3. The van der Waals surface area contributed by atoms with Gasteiger partial charge in [0.05, 0.1) is 12.1 Å². The zero-order valence-corrected chi connectivity index (χ0v) is 19.3. The first-order valence-corrected chi connectivity index (χ1v) is 11.0. The van der Waals surface area contributed by atoms with Gasteiger partial charge in [-0.1, -0.05) is 26.3 Å². The van der Waals surface area contributed by atoms with Gasteiger partial charge in [0.2, 0.25) is 11.8 Å². The number of nitrogens with zero attached hydrogens (tertiary/aromatic N) is 1. The molecule has 176 valence electrons. The Bertz CT molecular complexity index is 886. The average molecular weight is 448 g/mol. The Morgan fingerprint density at radius 1 is 1.31 bits per heavy atom. The highest BCUT2D eigenvalue weighted by Crippen LogP contribution is 2.38. The SMILES string of the molecule is CC[C@H](C)C(C)(C)OC(O)CNc1ccc2c(c1)C(=O)N(C1CCC(=O)NC1=O)C2OC. The number of rotatable bonds is 9. The van der Waals surface area contributed by atoms with Crippen molar-refractivity contribution in [2.24, 2.45) is 5.92 Å². The third kappa shape index (κ3) is 4.79. The number of methoxy groups -OCH3 is 1. The fourth-order valence-electron chi connectivity index (χ4n) is 4.16. The molecule has 9 heteroatoms. The van der Waals surface area contributed by atoms with Crippen LogP contribution in [0.2, 0.25) is 0 Å². The van der Waals surface area contributed by atoms with E-state index in [0.29, 0.717) is 16.8 Å². The number of ether oxygens (including phenoxy) is 2. The summed E-state index contributed by atoms with van der Waals surface area (Å²) in [4.78, 5) is 38.4. The summed E-state index contributed by atoms with van der Waals surface area (Å²) in [5, 5.41) is 15.7. The predicted molar refractivity (Wildman–Crippen MR) is 118 cm³/mol. The molecular formula is C23H33N3O6. The highest BCUT2D eigenvalue weighted by Gasteiger charge is 2.45. The molecule has 0 aliphatic carbocycles. The van der Waals surface area contributed by atoms with Crippen LogP contribution in [0.1, 0.15) is 69.1 Å². The number of nitrogens with one attached hydrogen (secondary N) is 2. The van der Waals surface area contributed by atoms with E-state index >= 15 is 0 Å². The molecule has 0 aromatic heterocycles. The van der Waals surface area contributed by atoms with Crippen molar-refractivity contribution in [3.8, 4) is 0 Å². The maximum atomic E-state index is 13.2. The molecule has 1 fully saturated rings. The van der Waals surface area contributed by atoms with Crippen molar-refractivity contribution in [3.05, 3.63) is 29.3 Å². The molecule has 2 aliphatic rings. The smallest absolute Gasteiger partial charge is 0.257 e. The topological polar surface area (TPSA) is 117 Å². The maximum absolute atomic E-state index is 13.2. The minimum atomic E-state index is -1.02. The number of anilines is 1. The van der Waals surface area contributed by atoms with Gasteiger partial charge in [-0.15, -0.1) is 0 Å². The molecule has 1 aromatic carbocycles. The molecule has 3 amide bonds. The molecule has 3 rings (SSSR count). The molecule has 0 radical (unpaired) electrons. The second-order valence-corrected chi connectivity index (χ2v) is 8.94. The van der Waals surface area contributed by atoms with E-state index in [-0.39, 0.29) is 37.1 Å². The first kappa shape index (κ1) is 24.2. The van der Waals surface area contributed by atoms with E-state index in [9.17, 15) is 19.5 Å². The number of hydrogen-bond donors (Lipinski definition) is 3. The molecule has 2 heterocycles. The van der Waals surface area contributed by atoms with Crippen molar-refractivity contribution in [2.75, 3.05) is 19.0 Å². The summed E-state index contributed by atoms with van der Waals surface area (Å²) in [6.45, 7) is 8.21. The number of imide groups is 1. The molecule has 2 aliphatic heterocycles. The molecule has 0 saturated carbocycles. The summed E-state index contributed by atoms with van der Waals surface area (Å²) in [6, 6.07) is 4.47. The lowest BCUT2D eigenvalue weighted by Crippen LogP contribution is -2.53. The van der Waals surface area contributed by atoms with Crippen LogP contribution in [0, 0.1) is 5.92 Å². The Hall–Kier alpha value is -2.49. The van der Waals surface area contributed by atoms with E-state index in [0.717, 1.165) is 6.42 Å². The minimum Gasteiger partial charge on any atom is -0.380 e. The molecule has 0 spiro atoms. The molecule has 3 unspecified atom stereocenters. The quantitative estimate of drug-likeness (QED) is 0.392. The third-order valence-electron chi connectivity index (χ3n) is 6.53. The summed E-state index contributed by atoms with van der Waals surface area (Å²) in [5.41, 5.74) is 1.24. The fourth-order valence-corrected chi connectivity index (χ4v) is 4.16. The summed E-state index contributed by atoms with van der Waals surface area (Å²) in [6.07, 6.45) is -0.365. The van der Waals surface area contributed by atoms with Crippen molar-refractivity contribution >= 4 is 23.4 Å². The van der Waals surface area contributed by atoms with Crippen molar-refractivity contribution < 1.29 is 29.0 Å². The zero-order valence-electron chi connectivity index (χ0n) is 19.3. The van der Waals surface area contributed by atoms with Crippen LogP contribution in [0.5, 0.6) is 0 Å². The number of fused-ring (bicyclic) bond motifs is 1. The summed E-state index contributed by atoms with van der Waals surface area (Å²) >= 11 is 0. The Balaban J connectivity index is 1.71. The molecule has 3 N–H and O–H groups in total. The second-order valence-electron chi connectivity index (χ2n) is 8.94. The Morgan fingerprint density at radius 3 is 2.66 bits per heavy atom. The van der Waals surface area contributed by atoms with Gasteiger partial charge >= 0.3 is 0 Å². The lowest BCUT2D eigenvalue weighted by atomic mass is 9.90. The molecule has 32 heavy (non-hydrogen) atoms. The summed E-state index contributed by atoms with van der Waals surface area (Å²) in [5.74, 6) is -0.890. The van der Waals surface area contributed by atoms with Gasteiger partial charge in [0.15, 0.2) is 12.5 Å². The number of hydrogen-bond acceptors (Lipinski definition) is 7. The number of benzene rings is 1. The van der Waals surface area contributed by atoms with Crippen molar-refractivity contribution in [1.29, 1.82) is 0 Å². The highest BCUT2D eigenvalue weighted by molar-refractivity contribution is 6.06. The van der Waals surface area contributed by atoms with Crippen LogP contribution in [-0.2, 0) is 19.1 Å². The standard InChI is InChI=1S/C23H33N3O6/c1-6-13(2)23(3,4)32-19(28)12-24-14-7-8-15-16(11-14)21(30)26(22(15)31-5)17-9-10-18(27)25-20(17)29/h7-8,11,13,17,19,22,24,28H,6,9-10,12H2,1-5H3,(H,25,27,29)/t13-,17?,19?,22?/m0/s1. The normalized spacial score (nSPS) is 23.1. The first-order chi connectivity index (χ1) is 15.1. The van der Waals surface area contributed by atoms with Gasteiger partial charge in [0, 0.05) is 30.3 Å². The molecule has 9 nitrogen and oxygen atoms in total.